The molecular weight excluding hydrogens is 593 g/mol. The van der Waals surface area contributed by atoms with Gasteiger partial charge in [0.15, 0.2) is 0 Å². The average molecular weight is 629 g/mol. The van der Waals surface area contributed by atoms with Gasteiger partial charge in [-0.15, -0.1) is 0 Å². The maximum Gasteiger partial charge on any atom is 0.0540 e. The molecule has 0 atom stereocenters. The van der Waals surface area contributed by atoms with Gasteiger partial charge in [0, 0.05) is 40.1 Å². The van der Waals surface area contributed by atoms with Crippen molar-refractivity contribution in [2.45, 2.75) is 19.3 Å². The normalized spacial score (nSPS) is 12.9. The zero-order chi connectivity index (χ0) is 33.0. The second kappa shape index (κ2) is 11.5. The van der Waals surface area contributed by atoms with Crippen molar-refractivity contribution in [2.24, 2.45) is 0 Å². The molecule has 0 amide bonds. The third-order valence-electron chi connectivity index (χ3n) is 10.3. The van der Waals surface area contributed by atoms with Crippen molar-refractivity contribution in [3.05, 3.63) is 181 Å². The first-order valence-corrected chi connectivity index (χ1v) is 17.0. The van der Waals surface area contributed by atoms with Crippen molar-refractivity contribution < 1.29 is 0 Å². The molecule has 0 saturated carbocycles. The number of benzene rings is 6. The summed E-state index contributed by atoms with van der Waals surface area (Å²) in [6, 6.07) is 56.9. The highest BCUT2D eigenvalue weighted by Gasteiger charge is 2.36. The number of rotatable bonds is 6. The largest absolute Gasteiger partial charge is 0.360 e. The van der Waals surface area contributed by atoms with Gasteiger partial charge in [-0.05, 0) is 67.8 Å². The Hall–Kier alpha value is -6.12. The molecule has 6 aromatic carbocycles. The van der Waals surface area contributed by atoms with Gasteiger partial charge in [0.2, 0.25) is 0 Å². The van der Waals surface area contributed by atoms with Crippen LogP contribution in [0.25, 0.3) is 78.1 Å². The molecule has 1 aliphatic rings. The molecule has 0 radical (unpaired) electrons. The van der Waals surface area contributed by atoms with Crippen molar-refractivity contribution in [3.63, 3.8) is 0 Å². The zero-order valence-corrected chi connectivity index (χ0v) is 27.7. The first-order valence-electron chi connectivity index (χ1n) is 17.0. The van der Waals surface area contributed by atoms with Crippen LogP contribution < -0.4 is 0 Å². The fraction of sp³-hybridized carbons (Fsp3) is 0.0638. The lowest BCUT2D eigenvalue weighted by atomic mass is 9.82. The van der Waals surface area contributed by atoms with E-state index in [9.17, 15) is 0 Å². The van der Waals surface area contributed by atoms with Crippen LogP contribution in [0.3, 0.4) is 0 Å². The van der Waals surface area contributed by atoms with Crippen molar-refractivity contribution in [1.82, 2.24) is 9.97 Å². The highest BCUT2D eigenvalue weighted by molar-refractivity contribution is 5.97. The molecule has 0 fully saturated rings. The summed E-state index contributed by atoms with van der Waals surface area (Å²) in [6.07, 6.45) is 4.33. The van der Waals surface area contributed by atoms with Crippen molar-refractivity contribution in [3.8, 4) is 78.1 Å². The van der Waals surface area contributed by atoms with Crippen LogP contribution in [-0.4, -0.2) is 9.97 Å². The molecule has 0 unspecified atom stereocenters. The van der Waals surface area contributed by atoms with Gasteiger partial charge in [-0.1, -0.05) is 159 Å². The third-order valence-corrected chi connectivity index (χ3v) is 10.3. The quantitative estimate of drug-likeness (QED) is 0.184. The van der Waals surface area contributed by atoms with Crippen LogP contribution in [0.5, 0.6) is 0 Å². The number of aromatic amines is 2. The van der Waals surface area contributed by atoms with Crippen LogP contribution in [0.15, 0.2) is 170 Å². The minimum Gasteiger partial charge on any atom is -0.360 e. The van der Waals surface area contributed by atoms with Gasteiger partial charge in [0.05, 0.1) is 11.4 Å². The Morgan fingerprint density at radius 2 is 0.694 bits per heavy atom. The number of hydrogen-bond acceptors (Lipinski definition) is 0. The second-order valence-corrected chi connectivity index (χ2v) is 13.5. The van der Waals surface area contributed by atoms with Crippen LogP contribution in [0, 0.1) is 0 Å². The molecule has 0 spiro atoms. The molecule has 9 rings (SSSR count). The second-order valence-electron chi connectivity index (χ2n) is 13.5. The van der Waals surface area contributed by atoms with Crippen LogP contribution in [0.2, 0.25) is 0 Å². The van der Waals surface area contributed by atoms with Crippen molar-refractivity contribution >= 4 is 0 Å². The fourth-order valence-electron chi connectivity index (χ4n) is 7.88. The molecule has 0 saturated heterocycles. The summed E-state index contributed by atoms with van der Waals surface area (Å²) in [6.45, 7) is 4.71. The molecule has 1 aliphatic carbocycles. The highest BCUT2D eigenvalue weighted by atomic mass is 14.7. The molecule has 2 heterocycles. The van der Waals surface area contributed by atoms with Crippen molar-refractivity contribution in [2.75, 3.05) is 0 Å². The topological polar surface area (TPSA) is 31.6 Å². The van der Waals surface area contributed by atoms with E-state index in [-0.39, 0.29) is 5.41 Å². The molecular formula is C47H36N2. The summed E-state index contributed by atoms with van der Waals surface area (Å²) in [4.78, 5) is 7.40. The summed E-state index contributed by atoms with van der Waals surface area (Å²) in [5, 5.41) is 0. The van der Waals surface area contributed by atoms with E-state index in [0.29, 0.717) is 0 Å². The molecule has 8 aromatic rings. The first-order chi connectivity index (χ1) is 24.1. The number of nitrogens with one attached hydrogen (secondary N) is 2. The summed E-state index contributed by atoms with van der Waals surface area (Å²) >= 11 is 0. The van der Waals surface area contributed by atoms with Gasteiger partial charge < -0.3 is 9.97 Å². The van der Waals surface area contributed by atoms with E-state index in [1.807, 2.05) is 0 Å². The van der Waals surface area contributed by atoms with Gasteiger partial charge in [0.1, 0.15) is 0 Å². The minimum atomic E-state index is -0.109. The van der Waals surface area contributed by atoms with E-state index in [0.717, 1.165) is 11.4 Å². The van der Waals surface area contributed by atoms with Gasteiger partial charge in [-0.2, -0.15) is 0 Å². The lowest BCUT2D eigenvalue weighted by Gasteiger charge is -2.21. The molecule has 2 nitrogen and oxygen atoms in total. The first kappa shape index (κ1) is 29.1. The van der Waals surface area contributed by atoms with Gasteiger partial charge in [-0.25, -0.2) is 0 Å². The molecule has 0 bridgehead atoms. The van der Waals surface area contributed by atoms with Gasteiger partial charge in [-0.3, -0.25) is 0 Å². The monoisotopic (exact) mass is 628 g/mol. The van der Waals surface area contributed by atoms with E-state index < -0.39 is 0 Å². The van der Waals surface area contributed by atoms with Crippen LogP contribution in [0.4, 0.5) is 0 Å². The van der Waals surface area contributed by atoms with E-state index in [1.165, 1.54) is 77.9 Å². The fourth-order valence-corrected chi connectivity index (χ4v) is 7.88. The summed E-state index contributed by atoms with van der Waals surface area (Å²) < 4.78 is 0. The number of hydrogen-bond donors (Lipinski definition) is 2. The number of aromatic nitrogens is 2. The highest BCUT2D eigenvalue weighted by Crippen LogP contribution is 2.52. The van der Waals surface area contributed by atoms with Crippen LogP contribution in [-0.2, 0) is 5.41 Å². The Bertz CT molecular complexity index is 2260. The van der Waals surface area contributed by atoms with Crippen LogP contribution >= 0.6 is 0 Å². The molecule has 2 N–H and O–H groups in total. The van der Waals surface area contributed by atoms with E-state index in [1.54, 1.807) is 0 Å². The predicted octanol–water partition coefficient (Wildman–Crippen LogP) is 12.7. The van der Waals surface area contributed by atoms with Gasteiger partial charge in [0.25, 0.3) is 0 Å². The predicted molar refractivity (Wildman–Crippen MR) is 205 cm³/mol. The van der Waals surface area contributed by atoms with E-state index >= 15 is 0 Å². The maximum absolute atomic E-state index is 3.70. The lowest BCUT2D eigenvalue weighted by Crippen LogP contribution is -2.14. The van der Waals surface area contributed by atoms with Crippen LogP contribution in [0.1, 0.15) is 25.0 Å². The van der Waals surface area contributed by atoms with Gasteiger partial charge >= 0.3 is 0 Å². The Kier molecular flexibility index (Phi) is 6.84. The summed E-state index contributed by atoms with van der Waals surface area (Å²) in [5.74, 6) is 0. The van der Waals surface area contributed by atoms with Crippen molar-refractivity contribution in [1.29, 1.82) is 0 Å². The van der Waals surface area contributed by atoms with E-state index in [2.05, 4.69) is 194 Å². The average Bonchev–Trinajstić information content (AvgIpc) is 3.87. The summed E-state index contributed by atoms with van der Waals surface area (Å²) in [7, 11) is 0. The summed E-state index contributed by atoms with van der Waals surface area (Å²) in [5.41, 5.74) is 19.5. The maximum atomic E-state index is 3.70. The Morgan fingerprint density at radius 3 is 1.06 bits per heavy atom. The Balaban J connectivity index is 1.21. The number of fused-ring (bicyclic) bond motifs is 3. The lowest BCUT2D eigenvalue weighted by molar-refractivity contribution is 0.660. The molecule has 0 aliphatic heterocycles. The zero-order valence-electron chi connectivity index (χ0n) is 27.7. The number of H-pyrrole nitrogens is 2. The standard InChI is InChI=1S/C47H36N2/c1-47(2)41-25-23-35(45-43(33-19-11-5-12-20-33)39(29-48-45)31-15-7-3-8-16-31)27-37(41)38-28-36(24-26-42(38)47)46-44(34-21-13-6-14-22-34)40(30-49-46)32-17-9-4-10-18-32/h3-30,48-49H,1-2H3. The Morgan fingerprint density at radius 1 is 0.347 bits per heavy atom. The third kappa shape index (κ3) is 4.79. The Labute approximate surface area is 287 Å². The smallest absolute Gasteiger partial charge is 0.0540 e. The minimum absolute atomic E-state index is 0.109. The molecule has 234 valence electrons. The van der Waals surface area contributed by atoms with E-state index in [4.69, 9.17) is 0 Å². The molecule has 49 heavy (non-hydrogen) atoms. The molecule has 2 aromatic heterocycles. The molecule has 2 heteroatoms. The SMILES string of the molecule is CC1(C)c2ccc(-c3[nH]cc(-c4ccccc4)c3-c3ccccc3)cc2-c2cc(-c3[nH]cc(-c4ccccc4)c3-c3ccccc3)ccc21.